The first-order valence-electron chi connectivity index (χ1n) is 7.49. The Hall–Kier alpha value is -1.04. The molecular weight excluding hydrogens is 422 g/mol. The SMILES string of the molecule is CC.COc1ccc(CNCc2c(Br)cc(OC)cc2Br)cc1. The fraction of sp³-hybridized carbons (Fsp3) is 0.333. The zero-order chi connectivity index (χ0) is 17.2. The van der Waals surface area contributed by atoms with Gasteiger partial charge in [0.15, 0.2) is 0 Å². The molecule has 0 fully saturated rings. The lowest BCUT2D eigenvalue weighted by molar-refractivity contribution is 0.414. The van der Waals surface area contributed by atoms with Crippen molar-refractivity contribution in [2.24, 2.45) is 0 Å². The molecule has 0 spiro atoms. The Balaban J connectivity index is 0.00000127. The standard InChI is InChI=1S/C16H17Br2NO2.C2H6/c1-20-12-5-3-11(4-6-12)9-19-10-14-15(17)7-13(21-2)8-16(14)18;1-2/h3-8,19H,9-10H2,1-2H3;1-2H3. The average Bonchev–Trinajstić information content (AvgIpc) is 2.59. The van der Waals surface area contributed by atoms with Crippen molar-refractivity contribution in [1.82, 2.24) is 5.32 Å². The van der Waals surface area contributed by atoms with Crippen LogP contribution in [0.4, 0.5) is 0 Å². The number of halogens is 2. The molecule has 5 heteroatoms. The molecule has 0 heterocycles. The average molecular weight is 445 g/mol. The second-order valence-electron chi connectivity index (χ2n) is 4.52. The zero-order valence-corrected chi connectivity index (χ0v) is 17.1. The minimum absolute atomic E-state index is 0.761. The van der Waals surface area contributed by atoms with E-state index in [-0.39, 0.29) is 0 Å². The molecule has 0 bridgehead atoms. The van der Waals surface area contributed by atoms with Gasteiger partial charge in [-0.2, -0.15) is 0 Å². The topological polar surface area (TPSA) is 30.5 Å². The van der Waals surface area contributed by atoms with Crippen LogP contribution in [0.1, 0.15) is 25.0 Å². The Bertz CT molecular complexity index is 577. The molecule has 3 nitrogen and oxygen atoms in total. The smallest absolute Gasteiger partial charge is 0.121 e. The predicted molar refractivity (Wildman–Crippen MR) is 103 cm³/mol. The summed E-state index contributed by atoms with van der Waals surface area (Å²) in [6, 6.07) is 12.0. The fourth-order valence-corrected chi connectivity index (χ4v) is 3.37. The van der Waals surface area contributed by atoms with Gasteiger partial charge in [0.05, 0.1) is 14.2 Å². The molecule has 2 rings (SSSR count). The molecule has 1 N–H and O–H groups in total. The summed E-state index contributed by atoms with van der Waals surface area (Å²) in [6.07, 6.45) is 0. The van der Waals surface area contributed by atoms with Crippen molar-refractivity contribution >= 4 is 31.9 Å². The number of rotatable bonds is 6. The summed E-state index contributed by atoms with van der Waals surface area (Å²) < 4.78 is 12.4. The molecule has 23 heavy (non-hydrogen) atoms. The first-order chi connectivity index (χ1) is 11.1. The van der Waals surface area contributed by atoms with Gasteiger partial charge < -0.3 is 14.8 Å². The van der Waals surface area contributed by atoms with Gasteiger partial charge in [-0.3, -0.25) is 0 Å². The van der Waals surface area contributed by atoms with Crippen LogP contribution >= 0.6 is 31.9 Å². The Labute approximate surface area is 155 Å². The number of benzene rings is 2. The lowest BCUT2D eigenvalue weighted by Crippen LogP contribution is -2.13. The van der Waals surface area contributed by atoms with Gasteiger partial charge in [-0.15, -0.1) is 0 Å². The van der Waals surface area contributed by atoms with Crippen molar-refractivity contribution in [3.8, 4) is 11.5 Å². The Kier molecular flexibility index (Phi) is 9.29. The second-order valence-corrected chi connectivity index (χ2v) is 6.23. The van der Waals surface area contributed by atoms with Gasteiger partial charge in [0.1, 0.15) is 11.5 Å². The van der Waals surface area contributed by atoms with Crippen molar-refractivity contribution < 1.29 is 9.47 Å². The number of methoxy groups -OCH3 is 2. The molecule has 2 aromatic carbocycles. The summed E-state index contributed by atoms with van der Waals surface area (Å²) in [5.74, 6) is 1.70. The van der Waals surface area contributed by atoms with Gasteiger partial charge in [0.2, 0.25) is 0 Å². The summed E-state index contributed by atoms with van der Waals surface area (Å²) in [4.78, 5) is 0. The Morgan fingerprint density at radius 2 is 1.35 bits per heavy atom. The van der Waals surface area contributed by atoms with E-state index in [0.717, 1.165) is 33.5 Å². The van der Waals surface area contributed by atoms with E-state index in [2.05, 4.69) is 49.3 Å². The number of hydrogen-bond donors (Lipinski definition) is 1. The van der Waals surface area contributed by atoms with E-state index in [0.29, 0.717) is 0 Å². The first-order valence-corrected chi connectivity index (χ1v) is 9.08. The fourth-order valence-electron chi connectivity index (χ4n) is 1.94. The summed E-state index contributed by atoms with van der Waals surface area (Å²) in [5.41, 5.74) is 2.39. The van der Waals surface area contributed by atoms with Crippen molar-refractivity contribution in [1.29, 1.82) is 0 Å². The minimum Gasteiger partial charge on any atom is -0.497 e. The second kappa shape index (κ2) is 10.7. The van der Waals surface area contributed by atoms with Crippen LogP contribution in [0.15, 0.2) is 45.3 Å². The van der Waals surface area contributed by atoms with Crippen LogP contribution in [0.3, 0.4) is 0 Å². The van der Waals surface area contributed by atoms with Crippen LogP contribution < -0.4 is 14.8 Å². The van der Waals surface area contributed by atoms with Crippen LogP contribution in [0, 0.1) is 0 Å². The van der Waals surface area contributed by atoms with Gasteiger partial charge in [0.25, 0.3) is 0 Å². The normalized spacial score (nSPS) is 9.83. The van der Waals surface area contributed by atoms with Crippen LogP contribution in [-0.4, -0.2) is 14.2 Å². The molecule has 0 saturated carbocycles. The van der Waals surface area contributed by atoms with Crippen molar-refractivity contribution in [3.63, 3.8) is 0 Å². The zero-order valence-electron chi connectivity index (χ0n) is 14.0. The summed E-state index contributed by atoms with van der Waals surface area (Å²) in [6.45, 7) is 5.56. The summed E-state index contributed by atoms with van der Waals surface area (Å²) in [5, 5.41) is 3.43. The number of hydrogen-bond acceptors (Lipinski definition) is 3. The van der Waals surface area contributed by atoms with Crippen LogP contribution in [0.25, 0.3) is 0 Å². The molecule has 0 radical (unpaired) electrons. The number of ether oxygens (including phenoxy) is 2. The van der Waals surface area contributed by atoms with E-state index in [1.807, 2.05) is 38.1 Å². The van der Waals surface area contributed by atoms with Crippen LogP contribution in [0.2, 0.25) is 0 Å². The third-order valence-electron chi connectivity index (χ3n) is 3.14. The van der Waals surface area contributed by atoms with E-state index in [1.165, 1.54) is 11.1 Å². The largest absolute Gasteiger partial charge is 0.497 e. The van der Waals surface area contributed by atoms with Crippen molar-refractivity contribution in [3.05, 3.63) is 56.5 Å². The molecule has 0 aromatic heterocycles. The molecule has 0 aliphatic rings. The molecule has 0 aliphatic carbocycles. The highest BCUT2D eigenvalue weighted by atomic mass is 79.9. The molecule has 0 amide bonds. The Morgan fingerprint density at radius 1 is 0.826 bits per heavy atom. The molecule has 126 valence electrons. The van der Waals surface area contributed by atoms with E-state index in [1.54, 1.807) is 14.2 Å². The molecular formula is C18H23Br2NO2. The highest BCUT2D eigenvalue weighted by Crippen LogP contribution is 2.30. The highest BCUT2D eigenvalue weighted by Gasteiger charge is 2.07. The summed E-state index contributed by atoms with van der Waals surface area (Å²) >= 11 is 7.16. The predicted octanol–water partition coefficient (Wildman–Crippen LogP) is 5.54. The van der Waals surface area contributed by atoms with Crippen LogP contribution in [-0.2, 0) is 13.1 Å². The maximum absolute atomic E-state index is 5.23. The maximum atomic E-state index is 5.23. The lowest BCUT2D eigenvalue weighted by Gasteiger charge is -2.11. The molecule has 0 aliphatic heterocycles. The van der Waals surface area contributed by atoms with E-state index in [4.69, 9.17) is 9.47 Å². The van der Waals surface area contributed by atoms with Gasteiger partial charge in [-0.25, -0.2) is 0 Å². The molecule has 2 aromatic rings. The van der Waals surface area contributed by atoms with Crippen molar-refractivity contribution in [2.45, 2.75) is 26.9 Å². The van der Waals surface area contributed by atoms with Gasteiger partial charge in [0, 0.05) is 22.0 Å². The molecule has 0 unspecified atom stereocenters. The quantitative estimate of drug-likeness (QED) is 0.633. The Morgan fingerprint density at radius 3 is 1.83 bits per heavy atom. The van der Waals surface area contributed by atoms with Gasteiger partial charge in [-0.1, -0.05) is 57.8 Å². The van der Waals surface area contributed by atoms with Crippen molar-refractivity contribution in [2.75, 3.05) is 14.2 Å². The number of nitrogens with one attached hydrogen (secondary N) is 1. The molecule has 0 saturated heterocycles. The van der Waals surface area contributed by atoms with Gasteiger partial charge >= 0.3 is 0 Å². The third kappa shape index (κ3) is 6.16. The van der Waals surface area contributed by atoms with Crippen LogP contribution in [0.5, 0.6) is 11.5 Å². The lowest BCUT2D eigenvalue weighted by atomic mass is 10.2. The van der Waals surface area contributed by atoms with E-state index < -0.39 is 0 Å². The van der Waals surface area contributed by atoms with Gasteiger partial charge in [-0.05, 0) is 35.4 Å². The van der Waals surface area contributed by atoms with E-state index in [9.17, 15) is 0 Å². The summed E-state index contributed by atoms with van der Waals surface area (Å²) in [7, 11) is 3.34. The monoisotopic (exact) mass is 443 g/mol. The molecule has 0 atom stereocenters. The highest BCUT2D eigenvalue weighted by molar-refractivity contribution is 9.11. The first kappa shape index (κ1) is 20.0. The van der Waals surface area contributed by atoms with E-state index >= 15 is 0 Å². The maximum Gasteiger partial charge on any atom is 0.121 e. The minimum atomic E-state index is 0.761. The third-order valence-corrected chi connectivity index (χ3v) is 4.56.